The summed E-state index contributed by atoms with van der Waals surface area (Å²) in [6, 6.07) is 15.7. The summed E-state index contributed by atoms with van der Waals surface area (Å²) in [7, 11) is 0. The number of aromatic nitrogens is 1. The Kier molecular flexibility index (Phi) is 8.37. The number of hydrogen-bond donors (Lipinski definition) is 2. The fourth-order valence-corrected chi connectivity index (χ4v) is 4.35. The van der Waals surface area contributed by atoms with Gasteiger partial charge in [-0.25, -0.2) is 0 Å². The van der Waals surface area contributed by atoms with Crippen LogP contribution in [-0.4, -0.2) is 17.1 Å². The van der Waals surface area contributed by atoms with Crippen LogP contribution in [0.1, 0.15) is 39.0 Å². The first-order valence-electron chi connectivity index (χ1n) is 10.4. The van der Waals surface area contributed by atoms with Crippen molar-refractivity contribution in [1.29, 1.82) is 0 Å². The van der Waals surface area contributed by atoms with Crippen LogP contribution < -0.4 is 16.0 Å². The first kappa shape index (κ1) is 22.9. The number of pyridine rings is 1. The molecule has 160 valence electrons. The van der Waals surface area contributed by atoms with E-state index in [9.17, 15) is 4.79 Å². The fraction of sp³-hybridized carbons (Fsp3) is 0.375. The van der Waals surface area contributed by atoms with Crippen LogP contribution in [0.2, 0.25) is 5.02 Å². The summed E-state index contributed by atoms with van der Waals surface area (Å²) in [4.78, 5) is 14.5. The third-order valence-corrected chi connectivity index (χ3v) is 6.47. The Balaban J connectivity index is 0.000000310. The number of rotatable bonds is 4. The molecule has 0 saturated heterocycles. The molecule has 0 aliphatic heterocycles. The van der Waals surface area contributed by atoms with Crippen molar-refractivity contribution in [3.8, 4) is 5.75 Å². The minimum Gasteiger partial charge on any atom is -0.489 e. The Morgan fingerprint density at radius 3 is 2.47 bits per heavy atom. The Hall–Kier alpha value is -1.82. The second-order valence-electron chi connectivity index (χ2n) is 7.70. The Labute approximate surface area is 190 Å². The van der Waals surface area contributed by atoms with E-state index in [1.807, 2.05) is 42.5 Å². The van der Waals surface area contributed by atoms with Crippen LogP contribution >= 0.6 is 27.5 Å². The highest BCUT2D eigenvalue weighted by Crippen LogP contribution is 2.34. The molecule has 30 heavy (non-hydrogen) atoms. The van der Waals surface area contributed by atoms with Crippen molar-refractivity contribution < 1.29 is 4.74 Å². The average Bonchev–Trinajstić information content (AvgIpc) is 2.76. The molecule has 1 aliphatic rings. The number of ether oxygens (including phenoxy) is 1. The zero-order valence-electron chi connectivity index (χ0n) is 17.1. The van der Waals surface area contributed by atoms with E-state index in [0.29, 0.717) is 28.1 Å². The number of halogens is 2. The topological polar surface area (TPSA) is 68.1 Å². The molecule has 1 fully saturated rings. The van der Waals surface area contributed by atoms with Crippen LogP contribution in [0.5, 0.6) is 5.75 Å². The van der Waals surface area contributed by atoms with E-state index in [1.54, 1.807) is 12.3 Å². The second kappa shape index (κ2) is 11.0. The van der Waals surface area contributed by atoms with Crippen molar-refractivity contribution in [2.75, 3.05) is 0 Å². The van der Waals surface area contributed by atoms with Crippen molar-refractivity contribution in [1.82, 2.24) is 4.98 Å². The second-order valence-corrected chi connectivity index (χ2v) is 9.02. The van der Waals surface area contributed by atoms with Gasteiger partial charge in [0.15, 0.2) is 0 Å². The van der Waals surface area contributed by atoms with E-state index in [2.05, 4.69) is 27.8 Å². The SMILES string of the molecule is Brc1ccccc1.CCC(N)C1CCC(Oc2cc3cc[nH]c(=O)c3cc2Cl)CC1. The van der Waals surface area contributed by atoms with E-state index in [-0.39, 0.29) is 11.7 Å². The molecule has 0 bridgehead atoms. The Bertz CT molecular complexity index is 1000. The average molecular weight is 492 g/mol. The molecule has 0 spiro atoms. The standard InChI is InChI=1S/C18H23ClN2O2.C6H5Br/c1-2-16(20)11-3-5-13(6-4-11)23-17-9-12-7-8-21-18(22)14(12)10-15(17)19;7-6-4-2-1-3-5-6/h7-11,13,16H,2-6,20H2,1H3,(H,21,22);1-5H. The molecule has 3 N–H and O–H groups in total. The van der Waals surface area contributed by atoms with Crippen LogP contribution in [0.3, 0.4) is 0 Å². The third kappa shape index (κ3) is 6.10. The van der Waals surface area contributed by atoms with E-state index >= 15 is 0 Å². The van der Waals surface area contributed by atoms with Gasteiger partial charge in [-0.05, 0) is 73.7 Å². The molecular formula is C24H28BrClN2O2. The first-order valence-corrected chi connectivity index (χ1v) is 11.6. The Morgan fingerprint density at radius 2 is 1.87 bits per heavy atom. The smallest absolute Gasteiger partial charge is 0.255 e. The van der Waals surface area contributed by atoms with Gasteiger partial charge < -0.3 is 15.5 Å². The lowest BCUT2D eigenvalue weighted by Gasteiger charge is -2.32. The monoisotopic (exact) mass is 490 g/mol. The molecule has 1 heterocycles. The molecule has 2 aromatic carbocycles. The number of nitrogens with two attached hydrogens (primary N) is 1. The molecule has 4 nitrogen and oxygen atoms in total. The Morgan fingerprint density at radius 1 is 1.17 bits per heavy atom. The predicted octanol–water partition coefficient (Wildman–Crippen LogP) is 6.31. The maximum Gasteiger partial charge on any atom is 0.255 e. The van der Waals surface area contributed by atoms with Gasteiger partial charge >= 0.3 is 0 Å². The van der Waals surface area contributed by atoms with Crippen molar-refractivity contribution in [2.24, 2.45) is 11.7 Å². The van der Waals surface area contributed by atoms with Gasteiger partial charge in [-0.2, -0.15) is 0 Å². The lowest BCUT2D eigenvalue weighted by molar-refractivity contribution is 0.122. The molecule has 1 saturated carbocycles. The van der Waals surface area contributed by atoms with Crippen LogP contribution in [0.25, 0.3) is 10.8 Å². The van der Waals surface area contributed by atoms with Gasteiger partial charge in [0.25, 0.3) is 5.56 Å². The summed E-state index contributed by atoms with van der Waals surface area (Å²) in [6.07, 6.45) is 7.05. The van der Waals surface area contributed by atoms with Crippen molar-refractivity contribution in [3.63, 3.8) is 0 Å². The van der Waals surface area contributed by atoms with E-state index in [0.717, 1.165) is 42.0 Å². The minimum absolute atomic E-state index is 0.134. The molecule has 3 aromatic rings. The van der Waals surface area contributed by atoms with Gasteiger partial charge in [0.2, 0.25) is 0 Å². The molecule has 1 atom stereocenters. The van der Waals surface area contributed by atoms with Crippen molar-refractivity contribution >= 4 is 38.3 Å². The van der Waals surface area contributed by atoms with Crippen LogP contribution in [0, 0.1) is 5.92 Å². The van der Waals surface area contributed by atoms with Gasteiger partial charge in [-0.1, -0.05) is 52.7 Å². The number of hydrogen-bond acceptors (Lipinski definition) is 3. The summed E-state index contributed by atoms with van der Waals surface area (Å²) in [6.45, 7) is 2.14. The molecular weight excluding hydrogens is 464 g/mol. The van der Waals surface area contributed by atoms with Gasteiger partial charge in [0.1, 0.15) is 5.75 Å². The highest BCUT2D eigenvalue weighted by atomic mass is 79.9. The van der Waals surface area contributed by atoms with Crippen molar-refractivity contribution in [3.05, 3.63) is 74.6 Å². The number of nitrogens with one attached hydrogen (secondary N) is 1. The highest BCUT2D eigenvalue weighted by molar-refractivity contribution is 9.10. The van der Waals surface area contributed by atoms with E-state index in [1.165, 1.54) is 0 Å². The van der Waals surface area contributed by atoms with Gasteiger partial charge in [-0.3, -0.25) is 4.79 Å². The van der Waals surface area contributed by atoms with Crippen LogP contribution in [0.15, 0.2) is 64.0 Å². The van der Waals surface area contributed by atoms with E-state index < -0.39 is 0 Å². The summed E-state index contributed by atoms with van der Waals surface area (Å²) < 4.78 is 7.25. The normalized spacial score (nSPS) is 19.6. The summed E-state index contributed by atoms with van der Waals surface area (Å²) in [5.41, 5.74) is 6.02. The molecule has 0 amide bonds. The lowest BCUT2D eigenvalue weighted by Crippen LogP contribution is -2.35. The number of aromatic amines is 1. The zero-order valence-corrected chi connectivity index (χ0v) is 19.5. The number of H-pyrrole nitrogens is 1. The maximum absolute atomic E-state index is 11.8. The van der Waals surface area contributed by atoms with Gasteiger partial charge in [-0.15, -0.1) is 0 Å². The quantitative estimate of drug-likeness (QED) is 0.449. The van der Waals surface area contributed by atoms with Crippen molar-refractivity contribution in [2.45, 2.75) is 51.2 Å². The predicted molar refractivity (Wildman–Crippen MR) is 128 cm³/mol. The molecule has 1 unspecified atom stereocenters. The number of fused-ring (bicyclic) bond motifs is 1. The highest BCUT2D eigenvalue weighted by Gasteiger charge is 2.26. The summed E-state index contributed by atoms with van der Waals surface area (Å²) >= 11 is 9.61. The molecule has 4 rings (SSSR count). The molecule has 6 heteroatoms. The van der Waals surface area contributed by atoms with Gasteiger partial charge in [0, 0.05) is 22.1 Å². The fourth-order valence-electron chi connectivity index (χ4n) is 3.84. The largest absolute Gasteiger partial charge is 0.489 e. The maximum atomic E-state index is 11.8. The lowest BCUT2D eigenvalue weighted by atomic mass is 9.82. The minimum atomic E-state index is -0.134. The zero-order chi connectivity index (χ0) is 21.5. The number of benzene rings is 2. The molecule has 1 aromatic heterocycles. The molecule has 0 radical (unpaired) electrons. The van der Waals surface area contributed by atoms with E-state index in [4.69, 9.17) is 22.1 Å². The summed E-state index contributed by atoms with van der Waals surface area (Å²) in [5.74, 6) is 1.26. The first-order chi connectivity index (χ1) is 14.5. The van der Waals surface area contributed by atoms with Crippen LogP contribution in [0.4, 0.5) is 0 Å². The third-order valence-electron chi connectivity index (χ3n) is 5.65. The molecule has 1 aliphatic carbocycles. The van der Waals surface area contributed by atoms with Gasteiger partial charge in [0.05, 0.1) is 11.1 Å². The van der Waals surface area contributed by atoms with Crippen LogP contribution in [-0.2, 0) is 0 Å². The summed E-state index contributed by atoms with van der Waals surface area (Å²) in [5, 5.41) is 1.92.